The molecule has 1 aliphatic rings. The Balaban J connectivity index is 1.99. The number of hydrogen-bond acceptors (Lipinski definition) is 8. The van der Waals surface area contributed by atoms with Gasteiger partial charge in [-0.25, -0.2) is 9.37 Å². The zero-order valence-electron chi connectivity index (χ0n) is 11.0. The van der Waals surface area contributed by atoms with E-state index in [0.29, 0.717) is 0 Å². The van der Waals surface area contributed by atoms with Crippen LogP contribution < -0.4 is 11.3 Å². The first kappa shape index (κ1) is 15.3. The molecule has 1 saturated heterocycles. The lowest BCUT2D eigenvalue weighted by Gasteiger charge is -2.15. The van der Waals surface area contributed by atoms with E-state index in [9.17, 15) is 14.3 Å². The molecule has 1 fully saturated rings. The van der Waals surface area contributed by atoms with Crippen LogP contribution in [0.15, 0.2) is 11.1 Å². The average molecular weight is 333 g/mol. The highest BCUT2D eigenvalue weighted by molar-refractivity contribution is 7.45. The quantitative estimate of drug-likeness (QED) is 0.429. The Labute approximate surface area is 123 Å². The molecule has 120 valence electrons. The van der Waals surface area contributed by atoms with Gasteiger partial charge in [-0.2, -0.15) is 4.98 Å². The fourth-order valence-electron chi connectivity index (χ4n) is 2.37. The van der Waals surface area contributed by atoms with Gasteiger partial charge in [-0.05, 0) is 0 Å². The summed E-state index contributed by atoms with van der Waals surface area (Å²) in [6, 6.07) is 0. The van der Waals surface area contributed by atoms with E-state index in [1.54, 1.807) is 0 Å². The fourth-order valence-corrected chi connectivity index (χ4v) is 2.99. The summed E-state index contributed by atoms with van der Waals surface area (Å²) in [6.45, 7) is 0. The Morgan fingerprint density at radius 3 is 2.95 bits per heavy atom. The third-order valence-corrected chi connectivity index (χ3v) is 4.05. The highest BCUT2D eigenvalue weighted by Gasteiger charge is 2.46. The second kappa shape index (κ2) is 5.52. The summed E-state index contributed by atoms with van der Waals surface area (Å²) in [5.41, 5.74) is 4.83. The predicted octanol–water partition coefficient (Wildman–Crippen LogP) is -1.41. The number of H-pyrrole nitrogens is 1. The highest BCUT2D eigenvalue weighted by Crippen LogP contribution is 2.37. The highest BCUT2D eigenvalue weighted by atomic mass is 31.2. The monoisotopic (exact) mass is 333 g/mol. The number of aliphatic hydroxyl groups excluding tert-OH is 1. The van der Waals surface area contributed by atoms with Crippen LogP contribution in [0.4, 0.5) is 10.3 Å². The lowest BCUT2D eigenvalue weighted by atomic mass is 10.2. The Morgan fingerprint density at radius 1 is 1.55 bits per heavy atom. The normalized spacial score (nSPS) is 28.8. The average Bonchev–Trinajstić information content (AvgIpc) is 2.95. The number of nitrogens with zero attached hydrogens (tertiary/aromatic N) is 3. The zero-order chi connectivity index (χ0) is 16.0. The van der Waals surface area contributed by atoms with E-state index in [1.807, 2.05) is 0 Å². The van der Waals surface area contributed by atoms with Crippen molar-refractivity contribution in [2.75, 3.05) is 11.9 Å². The molecule has 4 atom stereocenters. The van der Waals surface area contributed by atoms with Gasteiger partial charge in [0.1, 0.15) is 6.10 Å². The van der Waals surface area contributed by atoms with E-state index >= 15 is 0 Å². The van der Waals surface area contributed by atoms with Crippen molar-refractivity contribution in [3.8, 4) is 0 Å². The maximum absolute atomic E-state index is 14.2. The number of rotatable bonds is 3. The van der Waals surface area contributed by atoms with Gasteiger partial charge >= 0.3 is 0 Å². The van der Waals surface area contributed by atoms with Gasteiger partial charge in [-0.1, -0.05) is 0 Å². The number of halogens is 1. The molecule has 0 saturated carbocycles. The number of nitrogens with two attached hydrogens (primary N) is 1. The number of nitrogens with one attached hydrogen (secondary N) is 1. The summed E-state index contributed by atoms with van der Waals surface area (Å²) in [7, 11) is -2.35. The first-order chi connectivity index (χ1) is 10.4. The van der Waals surface area contributed by atoms with E-state index in [-0.39, 0.29) is 23.3 Å². The number of imidazole rings is 1. The van der Waals surface area contributed by atoms with Crippen molar-refractivity contribution in [1.29, 1.82) is 0 Å². The summed E-state index contributed by atoms with van der Waals surface area (Å²) < 4.78 is 20.7. The minimum atomic E-state index is -2.35. The molecule has 2 aromatic heterocycles. The van der Waals surface area contributed by atoms with Gasteiger partial charge in [-0.3, -0.25) is 14.3 Å². The second-order valence-electron chi connectivity index (χ2n) is 4.83. The summed E-state index contributed by atoms with van der Waals surface area (Å²) >= 11 is 0. The molecule has 6 N–H and O–H groups in total. The largest absolute Gasteiger partial charge is 0.387 e. The van der Waals surface area contributed by atoms with Gasteiger partial charge in [0, 0.05) is 6.16 Å². The number of aromatic nitrogens is 4. The molecule has 12 heteroatoms. The number of fused-ring (bicyclic) bond motifs is 1. The molecule has 3 heterocycles. The molecule has 0 aromatic carbocycles. The molecular weight excluding hydrogens is 320 g/mol. The van der Waals surface area contributed by atoms with Crippen LogP contribution >= 0.6 is 8.38 Å². The van der Waals surface area contributed by atoms with Gasteiger partial charge in [0.25, 0.3) is 5.56 Å². The fraction of sp³-hybridized carbons (Fsp3) is 0.500. The van der Waals surface area contributed by atoms with Crippen LogP contribution in [0.3, 0.4) is 0 Å². The number of nitrogen functional groups attached to an aromatic ring is 1. The Kier molecular flexibility index (Phi) is 3.83. The molecule has 0 aliphatic carbocycles. The Hall–Kier alpha value is -1.65. The van der Waals surface area contributed by atoms with E-state index in [4.69, 9.17) is 20.3 Å². The third-order valence-electron chi connectivity index (χ3n) is 3.36. The first-order valence-corrected chi connectivity index (χ1v) is 7.67. The van der Waals surface area contributed by atoms with Gasteiger partial charge in [0.2, 0.25) is 5.95 Å². The lowest BCUT2D eigenvalue weighted by molar-refractivity contribution is -0.0131. The van der Waals surface area contributed by atoms with E-state index in [1.165, 1.54) is 0 Å². The minimum absolute atomic E-state index is 0.0111. The molecule has 10 nitrogen and oxygen atoms in total. The van der Waals surface area contributed by atoms with Crippen LogP contribution in [-0.2, 0) is 4.74 Å². The number of hydrogen-bond donors (Lipinski definition) is 5. The predicted molar refractivity (Wildman–Crippen MR) is 73.6 cm³/mol. The SMILES string of the molecule is Nc1nc2c(ncn2[C@@H]2O[C@H](CP(O)O)C(O)C2F)c(=O)[nH]1. The Morgan fingerprint density at radius 2 is 2.27 bits per heavy atom. The number of aromatic amines is 1. The standard InChI is InChI=1S/C10H13FN5O5P/c11-4-6(17)3(1-22(19)20)21-9(4)16-2-13-5-7(16)14-10(12)15-8(5)18/h2-4,6,9,17,19-20H,1H2,(H3,12,14,15,18)/t3-,4?,6?,9-/m1/s1. The van der Waals surface area contributed by atoms with Gasteiger partial charge in [0.15, 0.2) is 31.9 Å². The smallest absolute Gasteiger partial charge is 0.280 e. The number of aliphatic hydroxyl groups is 1. The number of anilines is 1. The van der Waals surface area contributed by atoms with Crippen LogP contribution in [0, 0.1) is 0 Å². The van der Waals surface area contributed by atoms with E-state index < -0.39 is 38.5 Å². The zero-order valence-corrected chi connectivity index (χ0v) is 11.9. The topological polar surface area (TPSA) is 160 Å². The van der Waals surface area contributed by atoms with Crippen molar-refractivity contribution < 1.29 is 24.0 Å². The van der Waals surface area contributed by atoms with Crippen molar-refractivity contribution in [1.82, 2.24) is 19.5 Å². The molecule has 0 amide bonds. The maximum atomic E-state index is 14.2. The van der Waals surface area contributed by atoms with Crippen molar-refractivity contribution in [2.24, 2.45) is 0 Å². The molecule has 2 unspecified atom stereocenters. The van der Waals surface area contributed by atoms with E-state index in [2.05, 4.69) is 15.0 Å². The summed E-state index contributed by atoms with van der Waals surface area (Å²) in [6.07, 6.45) is -4.91. The molecule has 22 heavy (non-hydrogen) atoms. The van der Waals surface area contributed by atoms with Crippen molar-refractivity contribution in [3.63, 3.8) is 0 Å². The summed E-state index contributed by atoms with van der Waals surface area (Å²) in [5.74, 6) is -0.168. The van der Waals surface area contributed by atoms with Crippen molar-refractivity contribution in [3.05, 3.63) is 16.7 Å². The molecule has 3 rings (SSSR count). The minimum Gasteiger partial charge on any atom is -0.387 e. The lowest BCUT2D eigenvalue weighted by Crippen LogP contribution is -2.30. The van der Waals surface area contributed by atoms with Crippen LogP contribution in [0.25, 0.3) is 11.2 Å². The van der Waals surface area contributed by atoms with Crippen LogP contribution in [0.2, 0.25) is 0 Å². The third kappa shape index (κ3) is 2.46. The number of alkyl halides is 1. The van der Waals surface area contributed by atoms with E-state index in [0.717, 1.165) is 10.9 Å². The molecule has 1 aliphatic heterocycles. The maximum Gasteiger partial charge on any atom is 0.280 e. The summed E-state index contributed by atoms with van der Waals surface area (Å²) in [5, 5.41) is 9.80. The molecule has 2 aromatic rings. The van der Waals surface area contributed by atoms with Crippen LogP contribution in [0.5, 0.6) is 0 Å². The van der Waals surface area contributed by atoms with Crippen molar-refractivity contribution in [2.45, 2.75) is 24.6 Å². The van der Waals surface area contributed by atoms with Crippen molar-refractivity contribution >= 4 is 25.5 Å². The van der Waals surface area contributed by atoms with Gasteiger partial charge in [0.05, 0.1) is 12.4 Å². The molecule has 0 radical (unpaired) electrons. The second-order valence-corrected chi connectivity index (χ2v) is 5.94. The Bertz CT molecular complexity index is 751. The van der Waals surface area contributed by atoms with Crippen LogP contribution in [-0.4, -0.2) is 59.0 Å². The summed E-state index contributed by atoms with van der Waals surface area (Å²) in [4.78, 5) is 39.6. The number of ether oxygens (including phenoxy) is 1. The van der Waals surface area contributed by atoms with Gasteiger partial charge in [-0.15, -0.1) is 0 Å². The van der Waals surface area contributed by atoms with Gasteiger partial charge < -0.3 is 25.4 Å². The van der Waals surface area contributed by atoms with Crippen LogP contribution in [0.1, 0.15) is 6.23 Å². The first-order valence-electron chi connectivity index (χ1n) is 6.23. The molecule has 0 bridgehead atoms. The molecular formula is C10H13FN5O5P. The molecule has 0 spiro atoms.